The van der Waals surface area contributed by atoms with Gasteiger partial charge in [-0.3, -0.25) is 4.79 Å². The average molecular weight is 376 g/mol. The minimum atomic E-state index is -4.58. The maximum atomic E-state index is 12.9. The summed E-state index contributed by atoms with van der Waals surface area (Å²) in [5.74, 6) is -0.939. The fourth-order valence-electron chi connectivity index (χ4n) is 2.70. The number of piperidine rings is 1. The number of esters is 1. The third-order valence-electron chi connectivity index (χ3n) is 3.97. The molecule has 136 valence electrons. The molecule has 1 aliphatic heterocycles. The van der Waals surface area contributed by atoms with E-state index in [0.717, 1.165) is 31.1 Å². The van der Waals surface area contributed by atoms with Crippen LogP contribution in [0.15, 0.2) is 24.3 Å². The maximum Gasteiger partial charge on any atom is 0.417 e. The van der Waals surface area contributed by atoms with Crippen molar-refractivity contribution >= 4 is 29.6 Å². The Morgan fingerprint density at radius 2 is 2.04 bits per heavy atom. The van der Waals surface area contributed by atoms with Gasteiger partial charge in [0.1, 0.15) is 6.04 Å². The molecule has 1 saturated heterocycles. The van der Waals surface area contributed by atoms with Gasteiger partial charge in [-0.1, -0.05) is 17.7 Å². The second kappa shape index (κ2) is 7.91. The molecular formula is C17H17ClF3NO3. The Bertz CT molecular complexity index is 688. The van der Waals surface area contributed by atoms with E-state index in [1.54, 1.807) is 0 Å². The summed E-state index contributed by atoms with van der Waals surface area (Å²) in [7, 11) is 1.25. The van der Waals surface area contributed by atoms with Gasteiger partial charge in [0.15, 0.2) is 0 Å². The lowest BCUT2D eigenvalue weighted by Gasteiger charge is -2.32. The smallest absolute Gasteiger partial charge is 0.417 e. The third-order valence-corrected chi connectivity index (χ3v) is 4.30. The molecule has 0 saturated carbocycles. The number of hydrogen-bond acceptors (Lipinski definition) is 3. The summed E-state index contributed by atoms with van der Waals surface area (Å²) in [4.78, 5) is 25.5. The van der Waals surface area contributed by atoms with Crippen LogP contribution in [-0.2, 0) is 20.5 Å². The van der Waals surface area contributed by atoms with E-state index < -0.39 is 34.7 Å². The van der Waals surface area contributed by atoms with Crippen molar-refractivity contribution in [3.05, 3.63) is 40.4 Å². The van der Waals surface area contributed by atoms with Crippen molar-refractivity contribution in [1.82, 2.24) is 4.90 Å². The number of likely N-dealkylation sites (tertiary alicyclic amines) is 1. The normalized spacial score (nSPS) is 18.4. The number of methoxy groups -OCH3 is 1. The van der Waals surface area contributed by atoms with Gasteiger partial charge in [-0.15, -0.1) is 0 Å². The van der Waals surface area contributed by atoms with Crippen LogP contribution in [0.1, 0.15) is 30.4 Å². The van der Waals surface area contributed by atoms with Crippen molar-refractivity contribution in [3.63, 3.8) is 0 Å². The van der Waals surface area contributed by atoms with Crippen LogP contribution in [0.2, 0.25) is 5.02 Å². The number of carbonyl (C=O) groups is 2. The molecule has 1 fully saturated rings. The summed E-state index contributed by atoms with van der Waals surface area (Å²) in [6.07, 6.45) is -0.0770. The van der Waals surface area contributed by atoms with Crippen molar-refractivity contribution < 1.29 is 27.5 Å². The Morgan fingerprint density at radius 1 is 1.32 bits per heavy atom. The van der Waals surface area contributed by atoms with Crippen molar-refractivity contribution in [1.29, 1.82) is 0 Å². The first-order valence-corrected chi connectivity index (χ1v) is 8.05. The lowest BCUT2D eigenvalue weighted by atomic mass is 10.0. The Morgan fingerprint density at radius 3 is 2.68 bits per heavy atom. The van der Waals surface area contributed by atoms with Crippen LogP contribution in [-0.4, -0.2) is 36.5 Å². The van der Waals surface area contributed by atoms with E-state index in [1.807, 2.05) is 0 Å². The highest BCUT2D eigenvalue weighted by atomic mass is 35.5. The molecule has 0 bridgehead atoms. The molecule has 0 aromatic heterocycles. The minimum absolute atomic E-state index is 0.191. The highest BCUT2D eigenvalue weighted by molar-refractivity contribution is 6.31. The van der Waals surface area contributed by atoms with Gasteiger partial charge in [-0.05, 0) is 43.0 Å². The first-order chi connectivity index (χ1) is 11.7. The summed E-state index contributed by atoms with van der Waals surface area (Å²) >= 11 is 5.56. The highest BCUT2D eigenvalue weighted by Gasteiger charge is 2.33. The quantitative estimate of drug-likeness (QED) is 0.594. The molecule has 0 N–H and O–H groups in total. The van der Waals surface area contributed by atoms with Gasteiger partial charge in [-0.2, -0.15) is 13.2 Å². The molecule has 1 unspecified atom stereocenters. The summed E-state index contributed by atoms with van der Waals surface area (Å²) in [5.41, 5.74) is -0.772. The van der Waals surface area contributed by atoms with E-state index in [9.17, 15) is 22.8 Å². The third kappa shape index (κ3) is 4.75. The molecule has 0 radical (unpaired) electrons. The molecule has 2 rings (SSSR count). The molecule has 0 aliphatic carbocycles. The largest absolute Gasteiger partial charge is 0.467 e. The number of hydrogen-bond donors (Lipinski definition) is 0. The minimum Gasteiger partial charge on any atom is -0.467 e. The van der Waals surface area contributed by atoms with Crippen molar-refractivity contribution in [2.24, 2.45) is 0 Å². The summed E-state index contributed by atoms with van der Waals surface area (Å²) in [5, 5.41) is -0.405. The van der Waals surface area contributed by atoms with Crippen LogP contribution < -0.4 is 0 Å². The van der Waals surface area contributed by atoms with E-state index >= 15 is 0 Å². The SMILES string of the molecule is COC(=O)C1CCCCN1C(=O)/C=C/c1ccc(Cl)c(C(F)(F)F)c1. The average Bonchev–Trinajstić information content (AvgIpc) is 2.59. The molecule has 4 nitrogen and oxygen atoms in total. The Labute approximate surface area is 148 Å². The molecule has 0 spiro atoms. The Kier molecular flexibility index (Phi) is 6.11. The first kappa shape index (κ1) is 19.3. The number of halogens is 4. The van der Waals surface area contributed by atoms with Gasteiger partial charge in [-0.25, -0.2) is 4.79 Å². The van der Waals surface area contributed by atoms with Gasteiger partial charge in [0, 0.05) is 12.6 Å². The van der Waals surface area contributed by atoms with Crippen molar-refractivity contribution in [3.8, 4) is 0 Å². The number of ether oxygens (including phenoxy) is 1. The molecule has 1 aliphatic rings. The van der Waals surface area contributed by atoms with Crippen LogP contribution in [0.4, 0.5) is 13.2 Å². The van der Waals surface area contributed by atoms with E-state index in [4.69, 9.17) is 16.3 Å². The zero-order chi connectivity index (χ0) is 18.6. The first-order valence-electron chi connectivity index (χ1n) is 7.67. The van der Waals surface area contributed by atoms with Crippen LogP contribution in [0.5, 0.6) is 0 Å². The second-order valence-electron chi connectivity index (χ2n) is 5.64. The lowest BCUT2D eigenvalue weighted by Crippen LogP contribution is -2.47. The zero-order valence-electron chi connectivity index (χ0n) is 13.5. The number of carbonyl (C=O) groups excluding carboxylic acids is 2. The number of benzene rings is 1. The molecule has 1 amide bonds. The second-order valence-corrected chi connectivity index (χ2v) is 6.04. The fourth-order valence-corrected chi connectivity index (χ4v) is 2.93. The maximum absolute atomic E-state index is 12.9. The number of alkyl halides is 3. The molecule has 1 aromatic carbocycles. The van der Waals surface area contributed by atoms with E-state index in [2.05, 4.69) is 0 Å². The molecular weight excluding hydrogens is 359 g/mol. The summed E-state index contributed by atoms with van der Waals surface area (Å²) in [6.45, 7) is 0.400. The van der Waals surface area contributed by atoms with Crippen LogP contribution in [0.25, 0.3) is 6.08 Å². The van der Waals surface area contributed by atoms with Gasteiger partial charge in [0.05, 0.1) is 17.7 Å². The van der Waals surface area contributed by atoms with Crippen LogP contribution in [0, 0.1) is 0 Å². The van der Waals surface area contributed by atoms with Crippen molar-refractivity contribution in [2.45, 2.75) is 31.5 Å². The van der Waals surface area contributed by atoms with Gasteiger partial charge >= 0.3 is 12.1 Å². The van der Waals surface area contributed by atoms with Crippen molar-refractivity contribution in [2.75, 3.05) is 13.7 Å². The standard InChI is InChI=1S/C17H17ClF3NO3/c1-25-16(24)14-4-2-3-9-22(14)15(23)8-6-11-5-7-13(18)12(10-11)17(19,20)21/h5-8,10,14H,2-4,9H2,1H3/b8-6+. The predicted octanol–water partition coefficient (Wildman–Crippen LogP) is 3.93. The fraction of sp³-hybridized carbons (Fsp3) is 0.412. The molecule has 1 aromatic rings. The highest BCUT2D eigenvalue weighted by Crippen LogP contribution is 2.35. The van der Waals surface area contributed by atoms with E-state index in [1.165, 1.54) is 24.2 Å². The van der Waals surface area contributed by atoms with E-state index in [0.29, 0.717) is 13.0 Å². The summed E-state index contributed by atoms with van der Waals surface area (Å²) < 4.78 is 43.3. The zero-order valence-corrected chi connectivity index (χ0v) is 14.2. The number of nitrogens with zero attached hydrogens (tertiary/aromatic N) is 1. The number of rotatable bonds is 3. The lowest BCUT2D eigenvalue weighted by molar-refractivity contribution is -0.153. The van der Waals surface area contributed by atoms with E-state index in [-0.39, 0.29) is 5.56 Å². The van der Waals surface area contributed by atoms with Crippen LogP contribution in [0.3, 0.4) is 0 Å². The summed E-state index contributed by atoms with van der Waals surface area (Å²) in [6, 6.07) is 2.73. The monoisotopic (exact) mass is 375 g/mol. The Balaban J connectivity index is 2.18. The molecule has 1 atom stereocenters. The van der Waals surface area contributed by atoms with Crippen LogP contribution >= 0.6 is 11.6 Å². The number of amides is 1. The molecule has 25 heavy (non-hydrogen) atoms. The molecule has 8 heteroatoms. The van der Waals surface area contributed by atoms with Gasteiger partial charge in [0.25, 0.3) is 0 Å². The predicted molar refractivity (Wildman–Crippen MR) is 86.9 cm³/mol. The topological polar surface area (TPSA) is 46.6 Å². The van der Waals surface area contributed by atoms with Gasteiger partial charge in [0.2, 0.25) is 5.91 Å². The Hall–Kier alpha value is -2.02. The molecule has 1 heterocycles. The van der Waals surface area contributed by atoms with Gasteiger partial charge < -0.3 is 9.64 Å².